The first-order valence-electron chi connectivity index (χ1n) is 7.05. The van der Waals surface area contributed by atoms with Gasteiger partial charge in [-0.05, 0) is 36.8 Å². The molecule has 116 valence electrons. The van der Waals surface area contributed by atoms with E-state index in [1.54, 1.807) is 7.11 Å². The summed E-state index contributed by atoms with van der Waals surface area (Å²) in [4.78, 5) is 15.8. The third-order valence-corrected chi connectivity index (χ3v) is 4.70. The molecule has 0 aliphatic carbocycles. The number of aryl methyl sites for hydroxylation is 1. The van der Waals surface area contributed by atoms with E-state index in [0.717, 1.165) is 32.9 Å². The minimum atomic E-state index is 0.654. The number of hydrogen-bond donors (Lipinski definition) is 0. The molecule has 0 spiro atoms. The molecule has 3 aromatic rings. The zero-order valence-electron chi connectivity index (χ0n) is 13.4. The molecule has 1 aromatic carbocycles. The van der Waals surface area contributed by atoms with Crippen molar-refractivity contribution < 1.29 is 4.74 Å². The molecule has 5 nitrogen and oxygen atoms in total. The van der Waals surface area contributed by atoms with Gasteiger partial charge in [0, 0.05) is 25.0 Å². The SMILES string of the molecule is [C-]#[N+]c1sc2nc(-c3ccc(OC)cc3)nc(N(C)C)c2c1C. The molecule has 0 unspecified atom stereocenters. The third kappa shape index (κ3) is 2.60. The van der Waals surface area contributed by atoms with Gasteiger partial charge in [-0.15, -0.1) is 11.3 Å². The summed E-state index contributed by atoms with van der Waals surface area (Å²) in [7, 11) is 5.55. The lowest BCUT2D eigenvalue weighted by Crippen LogP contribution is -2.12. The number of fused-ring (bicyclic) bond motifs is 1. The monoisotopic (exact) mass is 324 g/mol. The summed E-state index contributed by atoms with van der Waals surface area (Å²) in [6, 6.07) is 7.66. The molecule has 0 bridgehead atoms. The van der Waals surface area contributed by atoms with E-state index in [-0.39, 0.29) is 0 Å². The van der Waals surface area contributed by atoms with E-state index in [1.807, 2.05) is 50.2 Å². The minimum Gasteiger partial charge on any atom is -0.497 e. The summed E-state index contributed by atoms with van der Waals surface area (Å²) in [5.74, 6) is 2.29. The maximum atomic E-state index is 7.32. The Balaban J connectivity index is 2.24. The van der Waals surface area contributed by atoms with E-state index in [0.29, 0.717) is 10.8 Å². The average molecular weight is 324 g/mol. The quantitative estimate of drug-likeness (QED) is 0.674. The fraction of sp³-hybridized carbons (Fsp3) is 0.235. The van der Waals surface area contributed by atoms with Crippen molar-refractivity contribution in [3.8, 4) is 17.1 Å². The van der Waals surface area contributed by atoms with Crippen molar-refractivity contribution in [3.63, 3.8) is 0 Å². The summed E-state index contributed by atoms with van der Waals surface area (Å²) in [5, 5.41) is 1.63. The van der Waals surface area contributed by atoms with Gasteiger partial charge in [-0.2, -0.15) is 0 Å². The molecule has 0 atom stereocenters. The predicted octanol–water partition coefficient (Wildman–Crippen LogP) is 4.29. The van der Waals surface area contributed by atoms with Crippen molar-refractivity contribution in [2.24, 2.45) is 0 Å². The Kier molecular flexibility index (Phi) is 3.89. The van der Waals surface area contributed by atoms with Crippen LogP contribution in [0.1, 0.15) is 5.56 Å². The molecule has 3 rings (SSSR count). The first-order chi connectivity index (χ1) is 11.0. The highest BCUT2D eigenvalue weighted by atomic mass is 32.1. The Morgan fingerprint density at radius 3 is 2.43 bits per heavy atom. The van der Waals surface area contributed by atoms with Gasteiger partial charge < -0.3 is 9.64 Å². The predicted molar refractivity (Wildman–Crippen MR) is 94.7 cm³/mol. The Morgan fingerprint density at radius 1 is 1.17 bits per heavy atom. The largest absolute Gasteiger partial charge is 0.497 e. The van der Waals surface area contributed by atoms with E-state index in [2.05, 4.69) is 9.83 Å². The number of methoxy groups -OCH3 is 1. The van der Waals surface area contributed by atoms with Crippen LogP contribution in [0.3, 0.4) is 0 Å². The van der Waals surface area contributed by atoms with E-state index in [1.165, 1.54) is 11.3 Å². The van der Waals surface area contributed by atoms with Gasteiger partial charge in [0.05, 0.1) is 13.7 Å². The smallest absolute Gasteiger partial charge is 0.246 e. The zero-order chi connectivity index (χ0) is 16.6. The van der Waals surface area contributed by atoms with Crippen LogP contribution in [0.5, 0.6) is 5.75 Å². The first kappa shape index (κ1) is 15.3. The first-order valence-corrected chi connectivity index (χ1v) is 7.87. The van der Waals surface area contributed by atoms with Gasteiger partial charge in [0.15, 0.2) is 5.82 Å². The van der Waals surface area contributed by atoms with Crippen molar-refractivity contribution >= 4 is 32.4 Å². The molecular formula is C17H16N4OS. The molecule has 0 aliphatic rings. The van der Waals surface area contributed by atoms with Gasteiger partial charge in [0.1, 0.15) is 16.4 Å². The van der Waals surface area contributed by atoms with Gasteiger partial charge in [-0.3, -0.25) is 0 Å². The van der Waals surface area contributed by atoms with Crippen molar-refractivity contribution in [2.75, 3.05) is 26.1 Å². The van der Waals surface area contributed by atoms with Gasteiger partial charge in [0.2, 0.25) is 5.00 Å². The van der Waals surface area contributed by atoms with Crippen LogP contribution in [0.2, 0.25) is 0 Å². The van der Waals surface area contributed by atoms with Crippen LogP contribution < -0.4 is 9.64 Å². The molecule has 0 N–H and O–H groups in total. The Bertz CT molecular complexity index is 907. The lowest BCUT2D eigenvalue weighted by molar-refractivity contribution is 0.415. The van der Waals surface area contributed by atoms with Gasteiger partial charge >= 0.3 is 0 Å². The summed E-state index contributed by atoms with van der Waals surface area (Å²) in [6.45, 7) is 9.27. The highest BCUT2D eigenvalue weighted by Crippen LogP contribution is 2.41. The van der Waals surface area contributed by atoms with Crippen molar-refractivity contribution in [2.45, 2.75) is 6.92 Å². The lowest BCUT2D eigenvalue weighted by Gasteiger charge is -2.14. The molecule has 2 heterocycles. The lowest BCUT2D eigenvalue weighted by atomic mass is 10.2. The van der Waals surface area contributed by atoms with Crippen molar-refractivity contribution in [3.05, 3.63) is 41.2 Å². The number of ether oxygens (including phenoxy) is 1. The maximum absolute atomic E-state index is 7.32. The van der Waals surface area contributed by atoms with E-state index in [9.17, 15) is 0 Å². The summed E-state index contributed by atoms with van der Waals surface area (Å²) in [6.07, 6.45) is 0. The molecule has 2 aromatic heterocycles. The number of thiophene rings is 1. The van der Waals surface area contributed by atoms with Crippen LogP contribution >= 0.6 is 11.3 Å². The van der Waals surface area contributed by atoms with Gasteiger partial charge in [0.25, 0.3) is 0 Å². The second kappa shape index (κ2) is 5.86. The number of benzene rings is 1. The normalized spacial score (nSPS) is 10.6. The highest BCUT2D eigenvalue weighted by molar-refractivity contribution is 7.22. The standard InChI is InChI=1S/C17H16N4OS/c1-10-13-15(21(3)4)19-14(20-17(13)23-16(10)18-2)11-6-8-12(22-5)9-7-11/h6-9H,1,3-5H3. The molecule has 0 radical (unpaired) electrons. The van der Waals surface area contributed by atoms with Gasteiger partial charge in [-0.25, -0.2) is 14.8 Å². The molecule has 0 saturated heterocycles. The molecule has 6 heteroatoms. The summed E-state index contributed by atoms with van der Waals surface area (Å²) in [5.41, 5.74) is 1.87. The summed E-state index contributed by atoms with van der Waals surface area (Å²) >= 11 is 1.42. The van der Waals surface area contributed by atoms with Crippen LogP contribution in [0.4, 0.5) is 10.8 Å². The van der Waals surface area contributed by atoms with Crippen LogP contribution in [0.25, 0.3) is 26.4 Å². The van der Waals surface area contributed by atoms with Crippen molar-refractivity contribution in [1.29, 1.82) is 0 Å². The number of rotatable bonds is 3. The zero-order valence-corrected chi connectivity index (χ0v) is 14.2. The Labute approximate surface area is 139 Å². The summed E-state index contributed by atoms with van der Waals surface area (Å²) < 4.78 is 5.19. The van der Waals surface area contributed by atoms with Crippen molar-refractivity contribution in [1.82, 2.24) is 9.97 Å². The number of nitrogens with zero attached hydrogens (tertiary/aromatic N) is 4. The fourth-order valence-electron chi connectivity index (χ4n) is 2.41. The molecule has 0 fully saturated rings. The number of anilines is 1. The van der Waals surface area contributed by atoms with E-state index < -0.39 is 0 Å². The number of hydrogen-bond acceptors (Lipinski definition) is 5. The number of aromatic nitrogens is 2. The second-order valence-corrected chi connectivity index (χ2v) is 6.30. The van der Waals surface area contributed by atoms with Gasteiger partial charge in [-0.1, -0.05) is 0 Å². The van der Waals surface area contributed by atoms with E-state index in [4.69, 9.17) is 16.3 Å². The maximum Gasteiger partial charge on any atom is 0.246 e. The second-order valence-electron chi connectivity index (χ2n) is 5.32. The van der Waals surface area contributed by atoms with Crippen LogP contribution in [0.15, 0.2) is 24.3 Å². The Morgan fingerprint density at radius 2 is 1.87 bits per heavy atom. The fourth-order valence-corrected chi connectivity index (χ4v) is 3.37. The highest BCUT2D eigenvalue weighted by Gasteiger charge is 2.18. The average Bonchev–Trinajstić information content (AvgIpc) is 2.90. The molecular weight excluding hydrogens is 308 g/mol. The molecule has 0 saturated carbocycles. The molecule has 0 amide bonds. The topological polar surface area (TPSA) is 42.6 Å². The molecule has 0 aliphatic heterocycles. The van der Waals surface area contributed by atoms with Crippen LogP contribution in [0, 0.1) is 13.5 Å². The van der Waals surface area contributed by atoms with Crippen LogP contribution in [-0.2, 0) is 0 Å². The van der Waals surface area contributed by atoms with Crippen LogP contribution in [-0.4, -0.2) is 31.2 Å². The minimum absolute atomic E-state index is 0.654. The third-order valence-electron chi connectivity index (χ3n) is 3.62. The molecule has 23 heavy (non-hydrogen) atoms. The Hall–Kier alpha value is -2.65. The van der Waals surface area contributed by atoms with E-state index >= 15 is 0 Å².